The van der Waals surface area contributed by atoms with E-state index in [9.17, 15) is 14.7 Å². The summed E-state index contributed by atoms with van der Waals surface area (Å²) in [5.41, 5.74) is -1.62. The lowest BCUT2D eigenvalue weighted by Gasteiger charge is -2.38. The fraction of sp³-hybridized carbons (Fsp3) is 0.857. The molecule has 112 valence electrons. The van der Waals surface area contributed by atoms with Crippen molar-refractivity contribution in [2.75, 3.05) is 6.54 Å². The quantitative estimate of drug-likeness (QED) is 0.584. The van der Waals surface area contributed by atoms with Crippen LogP contribution in [0.15, 0.2) is 0 Å². The number of unbranched alkanes of at least 4 members (excludes halogenated alkanes) is 2. The number of carbonyl (C=O) groups excluding carboxylic acids is 2. The summed E-state index contributed by atoms with van der Waals surface area (Å²) in [6.45, 7) is 9.13. The van der Waals surface area contributed by atoms with E-state index in [4.69, 9.17) is 0 Å². The molecule has 0 aliphatic carbocycles. The zero-order chi connectivity index (χ0) is 15.1. The molecule has 3 N–H and O–H groups in total. The van der Waals surface area contributed by atoms with Gasteiger partial charge in [0.1, 0.15) is 0 Å². The lowest BCUT2D eigenvalue weighted by Crippen LogP contribution is -2.57. The molecule has 0 fully saturated rings. The van der Waals surface area contributed by atoms with Crippen LogP contribution in [0, 0.1) is 0 Å². The minimum absolute atomic E-state index is 0.0235. The van der Waals surface area contributed by atoms with Gasteiger partial charge in [-0.15, -0.1) is 0 Å². The second kappa shape index (κ2) is 7.48. The van der Waals surface area contributed by atoms with Crippen molar-refractivity contribution in [3.63, 3.8) is 0 Å². The first-order valence-electron chi connectivity index (χ1n) is 6.84. The van der Waals surface area contributed by atoms with Crippen LogP contribution < -0.4 is 10.6 Å². The highest BCUT2D eigenvalue weighted by Gasteiger charge is 2.35. The van der Waals surface area contributed by atoms with Crippen LogP contribution in [0.2, 0.25) is 0 Å². The summed E-state index contributed by atoms with van der Waals surface area (Å²) >= 11 is 0. The van der Waals surface area contributed by atoms with Gasteiger partial charge in [0.05, 0.1) is 11.1 Å². The average molecular weight is 272 g/mol. The molecular weight excluding hydrogens is 244 g/mol. The fourth-order valence-corrected chi connectivity index (χ4v) is 1.42. The molecule has 0 aromatic heterocycles. The first-order valence-corrected chi connectivity index (χ1v) is 6.84. The van der Waals surface area contributed by atoms with Crippen LogP contribution in [0.1, 0.15) is 60.3 Å². The van der Waals surface area contributed by atoms with Crippen LogP contribution in [-0.2, 0) is 9.59 Å². The molecule has 0 aliphatic heterocycles. The number of carbonyl (C=O) groups is 2. The first-order chi connectivity index (χ1) is 8.56. The second-order valence-corrected chi connectivity index (χ2v) is 6.03. The summed E-state index contributed by atoms with van der Waals surface area (Å²) in [6.07, 6.45) is 3.01. The molecule has 0 aliphatic rings. The molecule has 0 unspecified atom stereocenters. The standard InChI is InChI=1S/C14H28N2O3/c1-11(17)15-10-8-6-7-9-12(18)16-13(2,3)14(4,5)19/h19H,6-10H2,1-5H3,(H,15,17)(H,16,18). The molecule has 19 heavy (non-hydrogen) atoms. The molecule has 0 saturated heterocycles. The lowest BCUT2D eigenvalue weighted by atomic mass is 9.86. The third-order valence-corrected chi connectivity index (χ3v) is 3.44. The van der Waals surface area contributed by atoms with Gasteiger partial charge in [-0.1, -0.05) is 6.42 Å². The van der Waals surface area contributed by atoms with E-state index >= 15 is 0 Å². The zero-order valence-corrected chi connectivity index (χ0v) is 12.8. The molecule has 0 atom stereocenters. The predicted octanol–water partition coefficient (Wildman–Crippen LogP) is 1.35. The highest BCUT2D eigenvalue weighted by Crippen LogP contribution is 2.20. The molecule has 0 aromatic carbocycles. The van der Waals surface area contributed by atoms with Crippen LogP contribution >= 0.6 is 0 Å². The third kappa shape index (κ3) is 7.82. The van der Waals surface area contributed by atoms with Crippen LogP contribution in [0.5, 0.6) is 0 Å². The van der Waals surface area contributed by atoms with Crippen molar-refractivity contribution in [3.05, 3.63) is 0 Å². The SMILES string of the molecule is CC(=O)NCCCCCC(=O)NC(C)(C)C(C)(C)O. The van der Waals surface area contributed by atoms with E-state index in [0.717, 1.165) is 19.3 Å². The van der Waals surface area contributed by atoms with E-state index in [2.05, 4.69) is 10.6 Å². The van der Waals surface area contributed by atoms with E-state index in [-0.39, 0.29) is 11.8 Å². The van der Waals surface area contributed by atoms with Crippen LogP contribution in [0.3, 0.4) is 0 Å². The van der Waals surface area contributed by atoms with Crippen molar-refractivity contribution in [2.24, 2.45) is 0 Å². The van der Waals surface area contributed by atoms with Crippen LogP contribution in [0.4, 0.5) is 0 Å². The number of amides is 2. The van der Waals surface area contributed by atoms with E-state index in [1.54, 1.807) is 13.8 Å². The van der Waals surface area contributed by atoms with E-state index in [1.807, 2.05) is 13.8 Å². The summed E-state index contributed by atoms with van der Waals surface area (Å²) in [5, 5.41) is 15.5. The van der Waals surface area contributed by atoms with Gasteiger partial charge >= 0.3 is 0 Å². The Labute approximate surface area is 116 Å². The number of rotatable bonds is 8. The number of nitrogens with one attached hydrogen (secondary N) is 2. The molecule has 0 bridgehead atoms. The summed E-state index contributed by atoms with van der Waals surface area (Å²) in [6, 6.07) is 0. The van der Waals surface area contributed by atoms with Gasteiger partial charge in [0, 0.05) is 19.9 Å². The predicted molar refractivity (Wildman–Crippen MR) is 75.7 cm³/mol. The van der Waals surface area contributed by atoms with Crippen LogP contribution in [0.25, 0.3) is 0 Å². The van der Waals surface area contributed by atoms with Crippen molar-refractivity contribution < 1.29 is 14.7 Å². The second-order valence-electron chi connectivity index (χ2n) is 6.03. The van der Waals surface area contributed by atoms with Gasteiger partial charge in [0.2, 0.25) is 11.8 Å². The Morgan fingerprint density at radius 2 is 1.63 bits per heavy atom. The largest absolute Gasteiger partial charge is 0.388 e. The topological polar surface area (TPSA) is 78.4 Å². The molecule has 5 heteroatoms. The molecule has 5 nitrogen and oxygen atoms in total. The van der Waals surface area contributed by atoms with Gasteiger partial charge in [-0.05, 0) is 40.5 Å². The van der Waals surface area contributed by atoms with Gasteiger partial charge in [-0.2, -0.15) is 0 Å². The van der Waals surface area contributed by atoms with Crippen molar-refractivity contribution >= 4 is 11.8 Å². The molecule has 0 saturated carbocycles. The molecule has 0 spiro atoms. The first kappa shape index (κ1) is 17.9. The van der Waals surface area contributed by atoms with Gasteiger partial charge in [-0.25, -0.2) is 0 Å². The fourth-order valence-electron chi connectivity index (χ4n) is 1.42. The summed E-state index contributed by atoms with van der Waals surface area (Å²) < 4.78 is 0. The molecular formula is C14H28N2O3. The lowest BCUT2D eigenvalue weighted by molar-refractivity contribution is -0.126. The van der Waals surface area contributed by atoms with Crippen molar-refractivity contribution in [2.45, 2.75) is 71.4 Å². The maximum atomic E-state index is 11.8. The van der Waals surface area contributed by atoms with Crippen molar-refractivity contribution in [1.29, 1.82) is 0 Å². The molecule has 0 radical (unpaired) electrons. The Kier molecular flexibility index (Phi) is 7.05. The van der Waals surface area contributed by atoms with Crippen molar-refractivity contribution in [3.8, 4) is 0 Å². The molecule has 0 aromatic rings. The number of hydrogen-bond acceptors (Lipinski definition) is 3. The number of hydrogen-bond donors (Lipinski definition) is 3. The normalized spacial score (nSPS) is 12.1. The van der Waals surface area contributed by atoms with E-state index in [1.165, 1.54) is 6.92 Å². The maximum absolute atomic E-state index is 11.8. The summed E-state index contributed by atoms with van der Waals surface area (Å²) in [4.78, 5) is 22.4. The van der Waals surface area contributed by atoms with E-state index in [0.29, 0.717) is 13.0 Å². The van der Waals surface area contributed by atoms with Gasteiger partial charge in [0.25, 0.3) is 0 Å². The van der Waals surface area contributed by atoms with Crippen LogP contribution in [-0.4, -0.2) is 34.6 Å². The minimum atomic E-state index is -0.964. The van der Waals surface area contributed by atoms with Crippen molar-refractivity contribution in [1.82, 2.24) is 10.6 Å². The molecule has 2 amide bonds. The average Bonchev–Trinajstić information content (AvgIpc) is 2.20. The van der Waals surface area contributed by atoms with Gasteiger partial charge in [0.15, 0.2) is 0 Å². The highest BCUT2D eigenvalue weighted by molar-refractivity contribution is 5.76. The third-order valence-electron chi connectivity index (χ3n) is 3.44. The minimum Gasteiger partial charge on any atom is -0.388 e. The number of aliphatic hydroxyl groups is 1. The monoisotopic (exact) mass is 272 g/mol. The smallest absolute Gasteiger partial charge is 0.220 e. The Balaban J connectivity index is 3.80. The Morgan fingerprint density at radius 3 is 2.11 bits per heavy atom. The zero-order valence-electron chi connectivity index (χ0n) is 12.8. The van der Waals surface area contributed by atoms with E-state index < -0.39 is 11.1 Å². The summed E-state index contributed by atoms with van der Waals surface area (Å²) in [5.74, 6) is -0.0729. The Morgan fingerprint density at radius 1 is 1.05 bits per heavy atom. The Hall–Kier alpha value is -1.10. The Bertz CT molecular complexity index is 306. The molecule has 0 rings (SSSR count). The van der Waals surface area contributed by atoms with Gasteiger partial charge in [-0.3, -0.25) is 9.59 Å². The van der Waals surface area contributed by atoms with Gasteiger partial charge < -0.3 is 15.7 Å². The maximum Gasteiger partial charge on any atom is 0.220 e. The highest BCUT2D eigenvalue weighted by atomic mass is 16.3. The summed E-state index contributed by atoms with van der Waals surface area (Å²) in [7, 11) is 0. The molecule has 0 heterocycles.